The van der Waals surface area contributed by atoms with Crippen LogP contribution in [0.3, 0.4) is 0 Å². The van der Waals surface area contributed by atoms with Gasteiger partial charge in [0.2, 0.25) is 15.9 Å². The first kappa shape index (κ1) is 23.3. The SMILES string of the molecule is CCc1ccc(N(C(C)C(=O)NCCSCc2cccc(C)c2)S(C)(=O)=O)cc1. The number of rotatable bonds is 10. The number of nitrogens with zero attached hydrogens (tertiary/aromatic N) is 1. The van der Waals surface area contributed by atoms with Gasteiger partial charge in [-0.25, -0.2) is 8.42 Å². The summed E-state index contributed by atoms with van der Waals surface area (Å²) in [5, 5.41) is 2.86. The monoisotopic (exact) mass is 434 g/mol. The summed E-state index contributed by atoms with van der Waals surface area (Å²) >= 11 is 1.74. The highest BCUT2D eigenvalue weighted by atomic mass is 32.2. The largest absolute Gasteiger partial charge is 0.353 e. The van der Waals surface area contributed by atoms with E-state index in [9.17, 15) is 13.2 Å². The zero-order chi connectivity index (χ0) is 21.4. The molecule has 1 N–H and O–H groups in total. The van der Waals surface area contributed by atoms with Gasteiger partial charge in [-0.05, 0) is 43.5 Å². The van der Waals surface area contributed by atoms with Gasteiger partial charge in [-0.15, -0.1) is 0 Å². The van der Waals surface area contributed by atoms with E-state index in [1.165, 1.54) is 15.4 Å². The van der Waals surface area contributed by atoms with Crippen LogP contribution in [0.2, 0.25) is 0 Å². The number of anilines is 1. The molecule has 1 atom stereocenters. The van der Waals surface area contributed by atoms with Gasteiger partial charge in [-0.2, -0.15) is 11.8 Å². The van der Waals surface area contributed by atoms with Crippen molar-refractivity contribution >= 4 is 33.4 Å². The zero-order valence-electron chi connectivity index (χ0n) is 17.5. The highest BCUT2D eigenvalue weighted by Crippen LogP contribution is 2.21. The van der Waals surface area contributed by atoms with Gasteiger partial charge in [0, 0.05) is 18.1 Å². The van der Waals surface area contributed by atoms with Crippen molar-refractivity contribution in [2.75, 3.05) is 22.9 Å². The fourth-order valence-electron chi connectivity index (χ4n) is 3.07. The smallest absolute Gasteiger partial charge is 0.243 e. The average molecular weight is 435 g/mol. The van der Waals surface area contributed by atoms with E-state index in [2.05, 4.69) is 30.4 Å². The second kappa shape index (κ2) is 10.7. The molecule has 0 fully saturated rings. The van der Waals surface area contributed by atoms with Crippen LogP contribution >= 0.6 is 11.8 Å². The molecule has 7 heteroatoms. The van der Waals surface area contributed by atoms with Crippen molar-refractivity contribution in [2.24, 2.45) is 0 Å². The first-order valence-corrected chi connectivity index (χ1v) is 12.7. The number of benzene rings is 2. The van der Waals surface area contributed by atoms with Gasteiger partial charge >= 0.3 is 0 Å². The van der Waals surface area contributed by atoms with Crippen LogP contribution in [0.4, 0.5) is 5.69 Å². The molecule has 2 aromatic rings. The lowest BCUT2D eigenvalue weighted by atomic mass is 10.1. The van der Waals surface area contributed by atoms with E-state index < -0.39 is 16.1 Å². The summed E-state index contributed by atoms with van der Waals surface area (Å²) in [4.78, 5) is 12.6. The Bertz CT molecular complexity index is 912. The number of carbonyl (C=O) groups excluding carboxylic acids is 1. The van der Waals surface area contributed by atoms with Crippen LogP contribution in [0.15, 0.2) is 48.5 Å². The van der Waals surface area contributed by atoms with Crippen molar-refractivity contribution in [3.63, 3.8) is 0 Å². The lowest BCUT2D eigenvalue weighted by Gasteiger charge is -2.28. The summed E-state index contributed by atoms with van der Waals surface area (Å²) in [6, 6.07) is 14.8. The molecule has 0 saturated heterocycles. The Morgan fingerprint density at radius 1 is 1.14 bits per heavy atom. The molecular formula is C22H30N2O3S2. The summed E-state index contributed by atoms with van der Waals surface area (Å²) in [5.41, 5.74) is 4.11. The van der Waals surface area contributed by atoms with E-state index in [1.807, 2.05) is 25.1 Å². The number of hydrogen-bond donors (Lipinski definition) is 1. The summed E-state index contributed by atoms with van der Waals surface area (Å²) in [5.74, 6) is 1.34. The van der Waals surface area contributed by atoms with E-state index >= 15 is 0 Å². The molecule has 0 aromatic heterocycles. The molecule has 0 heterocycles. The Balaban J connectivity index is 1.91. The Morgan fingerprint density at radius 3 is 2.41 bits per heavy atom. The summed E-state index contributed by atoms with van der Waals surface area (Å²) in [6.07, 6.45) is 2.00. The van der Waals surface area contributed by atoms with Gasteiger partial charge < -0.3 is 5.32 Å². The van der Waals surface area contributed by atoms with Crippen LogP contribution in [0, 0.1) is 6.92 Å². The topological polar surface area (TPSA) is 66.5 Å². The average Bonchev–Trinajstić information content (AvgIpc) is 2.67. The second-order valence-corrected chi connectivity index (χ2v) is 10.1. The molecule has 1 unspecified atom stereocenters. The zero-order valence-corrected chi connectivity index (χ0v) is 19.1. The summed E-state index contributed by atoms with van der Waals surface area (Å²) < 4.78 is 25.9. The Labute approximate surface area is 178 Å². The first-order chi connectivity index (χ1) is 13.7. The number of nitrogens with one attached hydrogen (secondary N) is 1. The minimum Gasteiger partial charge on any atom is -0.353 e. The summed E-state index contributed by atoms with van der Waals surface area (Å²) in [6.45, 7) is 6.21. The van der Waals surface area contributed by atoms with Crippen molar-refractivity contribution in [2.45, 2.75) is 39.0 Å². The van der Waals surface area contributed by atoms with Crippen LogP contribution in [0.1, 0.15) is 30.5 Å². The van der Waals surface area contributed by atoms with Gasteiger partial charge in [-0.1, -0.05) is 48.9 Å². The second-order valence-electron chi connectivity index (χ2n) is 7.09. The third-order valence-corrected chi connectivity index (χ3v) is 6.86. The minimum absolute atomic E-state index is 0.300. The molecule has 0 radical (unpaired) electrons. The molecule has 0 aliphatic rings. The Morgan fingerprint density at radius 2 is 1.83 bits per heavy atom. The summed E-state index contributed by atoms with van der Waals surface area (Å²) in [7, 11) is -3.59. The lowest BCUT2D eigenvalue weighted by molar-refractivity contribution is -0.121. The molecular weight excluding hydrogens is 404 g/mol. The molecule has 0 spiro atoms. The number of aryl methyl sites for hydroxylation is 2. The van der Waals surface area contributed by atoms with Gasteiger partial charge in [-0.3, -0.25) is 9.10 Å². The Kier molecular flexibility index (Phi) is 8.59. The maximum atomic E-state index is 12.6. The molecule has 0 bridgehead atoms. The predicted molar refractivity (Wildman–Crippen MR) is 123 cm³/mol. The minimum atomic E-state index is -3.59. The quantitative estimate of drug-likeness (QED) is 0.578. The number of carbonyl (C=O) groups is 1. The number of amides is 1. The van der Waals surface area contributed by atoms with Gasteiger partial charge in [0.15, 0.2) is 0 Å². The van der Waals surface area contributed by atoms with Gasteiger partial charge in [0.1, 0.15) is 6.04 Å². The molecule has 5 nitrogen and oxygen atoms in total. The molecule has 0 aliphatic carbocycles. The van der Waals surface area contributed by atoms with E-state index in [0.29, 0.717) is 12.2 Å². The van der Waals surface area contributed by atoms with Crippen LogP contribution in [-0.2, 0) is 27.0 Å². The van der Waals surface area contributed by atoms with Crippen LogP contribution in [-0.4, -0.2) is 38.9 Å². The maximum absolute atomic E-state index is 12.6. The number of sulfonamides is 1. The van der Waals surface area contributed by atoms with Crippen molar-refractivity contribution in [3.05, 3.63) is 65.2 Å². The highest BCUT2D eigenvalue weighted by Gasteiger charge is 2.28. The van der Waals surface area contributed by atoms with Gasteiger partial charge in [0.25, 0.3) is 0 Å². The fraction of sp³-hybridized carbons (Fsp3) is 0.409. The molecule has 2 aromatic carbocycles. The Hall–Kier alpha value is -1.99. The van der Waals surface area contributed by atoms with Crippen molar-refractivity contribution < 1.29 is 13.2 Å². The van der Waals surface area contributed by atoms with Crippen molar-refractivity contribution in [3.8, 4) is 0 Å². The molecule has 29 heavy (non-hydrogen) atoms. The van der Waals surface area contributed by atoms with E-state index in [0.717, 1.165) is 29.7 Å². The fourth-order valence-corrected chi connectivity index (χ4v) is 5.05. The highest BCUT2D eigenvalue weighted by molar-refractivity contribution is 7.98. The number of hydrogen-bond acceptors (Lipinski definition) is 4. The van der Waals surface area contributed by atoms with Crippen LogP contribution < -0.4 is 9.62 Å². The first-order valence-electron chi connectivity index (χ1n) is 9.71. The molecule has 158 valence electrons. The standard InChI is InChI=1S/C22H30N2O3S2/c1-5-19-9-11-21(12-10-19)24(29(4,26)27)18(3)22(25)23-13-14-28-16-20-8-6-7-17(2)15-20/h6-12,15,18H,5,13-14,16H2,1-4H3,(H,23,25). The van der Waals surface area contributed by atoms with Crippen molar-refractivity contribution in [1.82, 2.24) is 5.32 Å². The predicted octanol–water partition coefficient (Wildman–Crippen LogP) is 3.76. The van der Waals surface area contributed by atoms with Crippen LogP contribution in [0.25, 0.3) is 0 Å². The van der Waals surface area contributed by atoms with E-state index in [4.69, 9.17) is 0 Å². The van der Waals surface area contributed by atoms with Gasteiger partial charge in [0.05, 0.1) is 11.9 Å². The molecule has 0 saturated carbocycles. The number of thioether (sulfide) groups is 1. The van der Waals surface area contributed by atoms with Crippen LogP contribution in [0.5, 0.6) is 0 Å². The maximum Gasteiger partial charge on any atom is 0.243 e. The third-order valence-electron chi connectivity index (χ3n) is 4.58. The lowest BCUT2D eigenvalue weighted by Crippen LogP contribution is -2.48. The molecule has 2 rings (SSSR count). The molecule has 0 aliphatic heterocycles. The third kappa shape index (κ3) is 7.08. The normalized spacial score (nSPS) is 12.4. The molecule has 1 amide bonds. The van der Waals surface area contributed by atoms with E-state index in [-0.39, 0.29) is 5.91 Å². The van der Waals surface area contributed by atoms with Crippen molar-refractivity contribution in [1.29, 1.82) is 0 Å². The van der Waals surface area contributed by atoms with E-state index in [1.54, 1.807) is 30.8 Å².